The van der Waals surface area contributed by atoms with Gasteiger partial charge in [-0.15, -0.1) is 0 Å². The molecule has 7 heteroatoms. The number of fused-ring (bicyclic) bond motifs is 1. The Balaban J connectivity index is 1.92. The fraction of sp³-hybridized carbons (Fsp3) is 0.0909. The number of aromatic hydroxyl groups is 1. The molecule has 0 saturated heterocycles. The van der Waals surface area contributed by atoms with Crippen LogP contribution < -0.4 is 5.32 Å². The number of pyridine rings is 2. The second kappa shape index (κ2) is 8.07. The fourth-order valence-electron chi connectivity index (χ4n) is 3.30. The summed E-state index contributed by atoms with van der Waals surface area (Å²) in [7, 11) is 0. The van der Waals surface area contributed by atoms with Gasteiger partial charge in [0.2, 0.25) is 0 Å². The molecule has 0 fully saturated rings. The highest BCUT2D eigenvalue weighted by Crippen LogP contribution is 2.41. The number of anilines is 1. The SMILES string of the molecule is Cc1cc(Cl)cnc1NC(c1ccc2cccnc2c1O)c1c(Cl)cccc1Cl. The zero-order valence-corrected chi connectivity index (χ0v) is 17.6. The first-order valence-corrected chi connectivity index (χ1v) is 9.98. The van der Waals surface area contributed by atoms with Gasteiger partial charge in [-0.05, 0) is 36.8 Å². The van der Waals surface area contributed by atoms with Crippen LogP contribution in [0.25, 0.3) is 10.9 Å². The van der Waals surface area contributed by atoms with Crippen LogP contribution in [0.5, 0.6) is 5.75 Å². The third-order valence-electron chi connectivity index (χ3n) is 4.70. The van der Waals surface area contributed by atoms with Crippen molar-refractivity contribution >= 4 is 51.5 Å². The van der Waals surface area contributed by atoms with Crippen LogP contribution in [0.4, 0.5) is 5.82 Å². The molecule has 2 N–H and O–H groups in total. The molecule has 29 heavy (non-hydrogen) atoms. The van der Waals surface area contributed by atoms with E-state index in [0.717, 1.165) is 10.9 Å². The molecule has 1 unspecified atom stereocenters. The van der Waals surface area contributed by atoms with Crippen molar-refractivity contribution in [2.45, 2.75) is 13.0 Å². The largest absolute Gasteiger partial charge is 0.505 e. The molecule has 0 saturated carbocycles. The minimum absolute atomic E-state index is 0.0585. The van der Waals surface area contributed by atoms with E-state index in [2.05, 4.69) is 15.3 Å². The Labute approximate surface area is 183 Å². The maximum absolute atomic E-state index is 11.0. The molecule has 0 aliphatic heterocycles. The minimum atomic E-state index is -0.560. The molecule has 0 aliphatic carbocycles. The van der Waals surface area contributed by atoms with Crippen molar-refractivity contribution < 1.29 is 5.11 Å². The topological polar surface area (TPSA) is 58.0 Å². The van der Waals surface area contributed by atoms with Crippen LogP contribution >= 0.6 is 34.8 Å². The van der Waals surface area contributed by atoms with Crippen LogP contribution in [0.15, 0.2) is 60.9 Å². The van der Waals surface area contributed by atoms with Crippen molar-refractivity contribution in [3.05, 3.63) is 92.7 Å². The van der Waals surface area contributed by atoms with Crippen LogP contribution in [0.3, 0.4) is 0 Å². The monoisotopic (exact) mass is 443 g/mol. The number of phenolic OH excluding ortho intramolecular Hbond substituents is 1. The average molecular weight is 445 g/mol. The lowest BCUT2D eigenvalue weighted by atomic mass is 9.95. The van der Waals surface area contributed by atoms with E-state index in [1.54, 1.807) is 30.6 Å². The predicted molar refractivity (Wildman–Crippen MR) is 119 cm³/mol. The Morgan fingerprint density at radius 3 is 2.45 bits per heavy atom. The van der Waals surface area contributed by atoms with E-state index in [9.17, 15) is 5.11 Å². The van der Waals surface area contributed by atoms with E-state index in [-0.39, 0.29) is 5.75 Å². The van der Waals surface area contributed by atoms with Crippen molar-refractivity contribution in [1.82, 2.24) is 9.97 Å². The lowest BCUT2D eigenvalue weighted by molar-refractivity contribution is 0.471. The summed E-state index contributed by atoms with van der Waals surface area (Å²) in [6.07, 6.45) is 3.20. The van der Waals surface area contributed by atoms with Gasteiger partial charge < -0.3 is 10.4 Å². The lowest BCUT2D eigenvalue weighted by Gasteiger charge is -2.24. The summed E-state index contributed by atoms with van der Waals surface area (Å²) in [4.78, 5) is 8.72. The van der Waals surface area contributed by atoms with Crippen molar-refractivity contribution in [2.24, 2.45) is 0 Å². The van der Waals surface area contributed by atoms with Gasteiger partial charge in [-0.3, -0.25) is 4.98 Å². The van der Waals surface area contributed by atoms with E-state index < -0.39 is 6.04 Å². The van der Waals surface area contributed by atoms with Gasteiger partial charge in [-0.1, -0.05) is 59.1 Å². The van der Waals surface area contributed by atoms with E-state index >= 15 is 0 Å². The van der Waals surface area contributed by atoms with Gasteiger partial charge in [0.05, 0.1) is 11.1 Å². The fourth-order valence-corrected chi connectivity index (χ4v) is 4.13. The van der Waals surface area contributed by atoms with Crippen LogP contribution in [0, 0.1) is 6.92 Å². The zero-order valence-electron chi connectivity index (χ0n) is 15.3. The number of aryl methyl sites for hydroxylation is 1. The number of rotatable bonds is 4. The quantitative estimate of drug-likeness (QED) is 0.363. The highest BCUT2D eigenvalue weighted by molar-refractivity contribution is 6.36. The number of nitrogens with zero attached hydrogens (tertiary/aromatic N) is 2. The average Bonchev–Trinajstić information content (AvgIpc) is 2.69. The highest BCUT2D eigenvalue weighted by atomic mass is 35.5. The summed E-state index contributed by atoms with van der Waals surface area (Å²) in [5.74, 6) is 0.666. The Kier molecular flexibility index (Phi) is 5.50. The summed E-state index contributed by atoms with van der Waals surface area (Å²) in [6, 6.07) is 14.0. The first-order chi connectivity index (χ1) is 14.0. The molecule has 0 amide bonds. The van der Waals surface area contributed by atoms with Crippen molar-refractivity contribution in [3.63, 3.8) is 0 Å². The third-order valence-corrected chi connectivity index (χ3v) is 5.57. The molecule has 2 heterocycles. The number of benzene rings is 2. The molecule has 0 spiro atoms. The number of nitrogens with one attached hydrogen (secondary N) is 1. The van der Waals surface area contributed by atoms with Gasteiger partial charge in [-0.25, -0.2) is 4.98 Å². The maximum atomic E-state index is 11.0. The molecule has 4 aromatic rings. The second-order valence-electron chi connectivity index (χ2n) is 6.61. The summed E-state index contributed by atoms with van der Waals surface area (Å²) in [5.41, 5.74) is 2.57. The third kappa shape index (κ3) is 3.84. The summed E-state index contributed by atoms with van der Waals surface area (Å²) < 4.78 is 0. The number of hydrogen-bond acceptors (Lipinski definition) is 4. The highest BCUT2D eigenvalue weighted by Gasteiger charge is 2.25. The van der Waals surface area contributed by atoms with Crippen molar-refractivity contribution in [1.29, 1.82) is 0 Å². The molecule has 4 nitrogen and oxygen atoms in total. The molecule has 0 radical (unpaired) electrons. The summed E-state index contributed by atoms with van der Waals surface area (Å²) in [5, 5.41) is 16.7. The number of aromatic nitrogens is 2. The predicted octanol–water partition coefficient (Wildman–Crippen LogP) is 6.81. The molecule has 146 valence electrons. The number of halogens is 3. The molecular weight excluding hydrogens is 429 g/mol. The number of hydrogen-bond donors (Lipinski definition) is 2. The first-order valence-electron chi connectivity index (χ1n) is 8.85. The summed E-state index contributed by atoms with van der Waals surface area (Å²) >= 11 is 19.1. The van der Waals surface area contributed by atoms with Gasteiger partial charge in [-0.2, -0.15) is 0 Å². The number of phenols is 1. The zero-order chi connectivity index (χ0) is 20.5. The second-order valence-corrected chi connectivity index (χ2v) is 7.86. The molecule has 2 aromatic heterocycles. The Bertz CT molecular complexity index is 1190. The molecule has 4 rings (SSSR count). The van der Waals surface area contributed by atoms with E-state index in [0.29, 0.717) is 37.5 Å². The van der Waals surface area contributed by atoms with Gasteiger partial charge >= 0.3 is 0 Å². The maximum Gasteiger partial charge on any atom is 0.147 e. The molecule has 0 bridgehead atoms. The van der Waals surface area contributed by atoms with Gasteiger partial charge in [0.1, 0.15) is 17.1 Å². The first kappa shape index (κ1) is 19.8. The van der Waals surface area contributed by atoms with Crippen LogP contribution in [-0.4, -0.2) is 15.1 Å². The van der Waals surface area contributed by atoms with E-state index in [1.807, 2.05) is 37.3 Å². The molecule has 0 aliphatic rings. The van der Waals surface area contributed by atoms with Crippen LogP contribution in [-0.2, 0) is 0 Å². The molecule has 2 aromatic carbocycles. The van der Waals surface area contributed by atoms with Gasteiger partial charge in [0.25, 0.3) is 0 Å². The normalized spacial score (nSPS) is 12.1. The minimum Gasteiger partial charge on any atom is -0.505 e. The molecule has 1 atom stereocenters. The van der Waals surface area contributed by atoms with E-state index in [1.165, 1.54) is 0 Å². The standard InChI is InChI=1S/C22H16Cl3N3O/c1-12-10-14(23)11-27-22(12)28-20(18-16(24)5-2-6-17(18)25)15-8-7-13-4-3-9-26-19(13)21(15)29/h2-11,20,29H,1H3,(H,27,28). The summed E-state index contributed by atoms with van der Waals surface area (Å²) in [6.45, 7) is 1.90. The lowest BCUT2D eigenvalue weighted by Crippen LogP contribution is -2.15. The van der Waals surface area contributed by atoms with E-state index in [4.69, 9.17) is 34.8 Å². The Hall–Kier alpha value is -2.53. The van der Waals surface area contributed by atoms with Gasteiger partial charge in [0.15, 0.2) is 0 Å². The van der Waals surface area contributed by atoms with Crippen molar-refractivity contribution in [3.8, 4) is 5.75 Å². The van der Waals surface area contributed by atoms with Crippen LogP contribution in [0.1, 0.15) is 22.7 Å². The van der Waals surface area contributed by atoms with Crippen LogP contribution in [0.2, 0.25) is 15.1 Å². The Morgan fingerprint density at radius 2 is 1.72 bits per heavy atom. The Morgan fingerprint density at radius 1 is 0.966 bits per heavy atom. The molecular formula is C22H16Cl3N3O. The van der Waals surface area contributed by atoms with Crippen molar-refractivity contribution in [2.75, 3.05) is 5.32 Å². The van der Waals surface area contributed by atoms with Gasteiger partial charge in [0, 0.05) is 39.0 Å². The smallest absolute Gasteiger partial charge is 0.147 e.